The van der Waals surface area contributed by atoms with Gasteiger partial charge in [-0.25, -0.2) is 4.98 Å². The highest BCUT2D eigenvalue weighted by atomic mass is 35.5. The summed E-state index contributed by atoms with van der Waals surface area (Å²) >= 11 is 7.45. The summed E-state index contributed by atoms with van der Waals surface area (Å²) in [4.78, 5) is 18.4. The van der Waals surface area contributed by atoms with E-state index in [0.717, 1.165) is 27.2 Å². The molecule has 0 spiro atoms. The summed E-state index contributed by atoms with van der Waals surface area (Å²) in [6, 6.07) is 17.1. The first-order chi connectivity index (χ1) is 12.7. The third-order valence-electron chi connectivity index (χ3n) is 3.78. The number of pyridine rings is 1. The minimum Gasteiger partial charge on any atom is -0.385 e. The first-order valence-corrected chi connectivity index (χ1v) is 9.47. The molecule has 3 aromatic rings. The molecule has 0 aliphatic rings. The van der Waals surface area contributed by atoms with Crippen LogP contribution in [-0.4, -0.2) is 31.2 Å². The maximum absolute atomic E-state index is 12.7. The lowest BCUT2D eigenvalue weighted by molar-refractivity contribution is 0.0950. The second-order valence-corrected chi connectivity index (χ2v) is 7.21. The molecule has 26 heavy (non-hydrogen) atoms. The van der Waals surface area contributed by atoms with Gasteiger partial charge in [0.25, 0.3) is 5.91 Å². The number of para-hydroxylation sites is 1. The number of halogens is 1. The summed E-state index contributed by atoms with van der Waals surface area (Å²) in [5.41, 5.74) is 1.43. The van der Waals surface area contributed by atoms with Gasteiger partial charge in [-0.3, -0.25) is 4.79 Å². The van der Waals surface area contributed by atoms with Crippen LogP contribution in [0, 0.1) is 0 Å². The number of carbonyl (C=O) groups is 1. The maximum atomic E-state index is 12.7. The van der Waals surface area contributed by atoms with E-state index < -0.39 is 0 Å². The predicted molar refractivity (Wildman–Crippen MR) is 106 cm³/mol. The average molecular weight is 387 g/mol. The molecule has 0 saturated carbocycles. The van der Waals surface area contributed by atoms with Crippen LogP contribution < -0.4 is 5.32 Å². The highest BCUT2D eigenvalue weighted by Crippen LogP contribution is 2.30. The molecule has 1 amide bonds. The van der Waals surface area contributed by atoms with E-state index in [1.54, 1.807) is 7.11 Å². The van der Waals surface area contributed by atoms with Gasteiger partial charge in [-0.05, 0) is 42.8 Å². The SMILES string of the molecule is COCCCNC(=O)c1cc(Sc2ccc(Cl)cc2)nc2ccccc12. The van der Waals surface area contributed by atoms with Crippen molar-refractivity contribution in [1.29, 1.82) is 0 Å². The van der Waals surface area contributed by atoms with Crippen LogP contribution in [0.5, 0.6) is 0 Å². The molecule has 3 rings (SSSR count). The quantitative estimate of drug-likeness (QED) is 0.592. The van der Waals surface area contributed by atoms with Gasteiger partial charge in [0.15, 0.2) is 0 Å². The minimum atomic E-state index is -0.0994. The number of ether oxygens (including phenoxy) is 1. The molecule has 0 bridgehead atoms. The molecule has 0 saturated heterocycles. The second-order valence-electron chi connectivity index (χ2n) is 5.68. The molecule has 1 N–H and O–H groups in total. The van der Waals surface area contributed by atoms with E-state index >= 15 is 0 Å². The fourth-order valence-corrected chi connectivity index (χ4v) is 3.49. The van der Waals surface area contributed by atoms with Crippen LogP contribution in [0.15, 0.2) is 64.5 Å². The predicted octanol–water partition coefficient (Wildman–Crippen LogP) is 4.81. The maximum Gasteiger partial charge on any atom is 0.252 e. The molecule has 134 valence electrons. The first kappa shape index (κ1) is 18.7. The Morgan fingerprint density at radius 3 is 2.73 bits per heavy atom. The van der Waals surface area contributed by atoms with E-state index in [0.29, 0.717) is 23.7 Å². The van der Waals surface area contributed by atoms with E-state index in [2.05, 4.69) is 10.3 Å². The molecule has 0 aliphatic carbocycles. The molecule has 2 aromatic carbocycles. The van der Waals surface area contributed by atoms with Gasteiger partial charge < -0.3 is 10.1 Å². The third kappa shape index (κ3) is 4.75. The number of nitrogens with zero attached hydrogens (tertiary/aromatic N) is 1. The van der Waals surface area contributed by atoms with Crippen molar-refractivity contribution in [3.05, 3.63) is 65.2 Å². The van der Waals surface area contributed by atoms with Gasteiger partial charge in [0, 0.05) is 35.6 Å². The standard InChI is InChI=1S/C20H19ClN2O2S/c1-25-12-4-11-22-20(24)17-13-19(23-18-6-3-2-5-16(17)18)26-15-9-7-14(21)8-10-15/h2-3,5-10,13H,4,11-12H2,1H3,(H,22,24). The van der Waals surface area contributed by atoms with Crippen molar-refractivity contribution in [1.82, 2.24) is 10.3 Å². The van der Waals surface area contributed by atoms with Gasteiger partial charge in [-0.2, -0.15) is 0 Å². The lowest BCUT2D eigenvalue weighted by Gasteiger charge is -2.10. The fraction of sp³-hybridized carbons (Fsp3) is 0.200. The highest BCUT2D eigenvalue weighted by Gasteiger charge is 2.13. The molecule has 6 heteroatoms. The number of methoxy groups -OCH3 is 1. The highest BCUT2D eigenvalue weighted by molar-refractivity contribution is 7.99. The molecule has 1 heterocycles. The average Bonchev–Trinajstić information content (AvgIpc) is 2.66. The zero-order valence-electron chi connectivity index (χ0n) is 14.4. The Bertz CT molecular complexity index is 900. The van der Waals surface area contributed by atoms with Gasteiger partial charge in [0.2, 0.25) is 0 Å². The molecular weight excluding hydrogens is 368 g/mol. The summed E-state index contributed by atoms with van der Waals surface area (Å²) < 4.78 is 5.02. The van der Waals surface area contributed by atoms with Crippen LogP contribution in [-0.2, 0) is 4.74 Å². The van der Waals surface area contributed by atoms with Gasteiger partial charge in [-0.1, -0.05) is 41.6 Å². The van der Waals surface area contributed by atoms with Crippen molar-refractivity contribution < 1.29 is 9.53 Å². The van der Waals surface area contributed by atoms with E-state index in [4.69, 9.17) is 16.3 Å². The largest absolute Gasteiger partial charge is 0.385 e. The van der Waals surface area contributed by atoms with Crippen LogP contribution in [0.4, 0.5) is 0 Å². The summed E-state index contributed by atoms with van der Waals surface area (Å²) in [6.07, 6.45) is 0.775. The van der Waals surface area contributed by atoms with Crippen molar-refractivity contribution in [2.75, 3.05) is 20.3 Å². The lowest BCUT2D eigenvalue weighted by atomic mass is 10.1. The van der Waals surface area contributed by atoms with E-state index in [1.165, 1.54) is 11.8 Å². The van der Waals surface area contributed by atoms with E-state index in [1.807, 2.05) is 54.6 Å². The number of aromatic nitrogens is 1. The Balaban J connectivity index is 1.88. The van der Waals surface area contributed by atoms with Crippen LogP contribution in [0.3, 0.4) is 0 Å². The summed E-state index contributed by atoms with van der Waals surface area (Å²) in [5, 5.41) is 5.26. The van der Waals surface area contributed by atoms with Crippen molar-refractivity contribution in [3.63, 3.8) is 0 Å². The molecule has 0 radical (unpaired) electrons. The summed E-state index contributed by atoms with van der Waals surface area (Å²) in [5.74, 6) is -0.0994. The van der Waals surface area contributed by atoms with Gasteiger partial charge in [-0.15, -0.1) is 0 Å². The topological polar surface area (TPSA) is 51.2 Å². The number of fused-ring (bicyclic) bond motifs is 1. The van der Waals surface area contributed by atoms with Gasteiger partial charge in [0.05, 0.1) is 11.1 Å². The number of carbonyl (C=O) groups excluding carboxylic acids is 1. The van der Waals surface area contributed by atoms with Crippen molar-refractivity contribution in [2.24, 2.45) is 0 Å². The third-order valence-corrected chi connectivity index (χ3v) is 4.96. The second kappa shape index (κ2) is 9.03. The van der Waals surface area contributed by atoms with Gasteiger partial charge >= 0.3 is 0 Å². The van der Waals surface area contributed by atoms with Crippen LogP contribution in [0.2, 0.25) is 5.02 Å². The number of amides is 1. The Kier molecular flexibility index (Phi) is 6.50. The number of hydrogen-bond acceptors (Lipinski definition) is 4. The molecule has 0 unspecified atom stereocenters. The zero-order valence-corrected chi connectivity index (χ0v) is 15.9. The molecular formula is C20H19ClN2O2S. The Hall–Kier alpha value is -2.08. The minimum absolute atomic E-state index is 0.0994. The van der Waals surface area contributed by atoms with E-state index in [-0.39, 0.29) is 5.91 Å². The fourth-order valence-electron chi connectivity index (χ4n) is 2.53. The Morgan fingerprint density at radius 2 is 1.96 bits per heavy atom. The molecule has 4 nitrogen and oxygen atoms in total. The van der Waals surface area contributed by atoms with Gasteiger partial charge in [0.1, 0.15) is 5.03 Å². The molecule has 0 fully saturated rings. The Morgan fingerprint density at radius 1 is 1.19 bits per heavy atom. The number of rotatable bonds is 7. The molecule has 1 aromatic heterocycles. The van der Waals surface area contributed by atoms with Crippen LogP contribution in [0.1, 0.15) is 16.8 Å². The first-order valence-electron chi connectivity index (χ1n) is 8.28. The lowest BCUT2D eigenvalue weighted by Crippen LogP contribution is -2.25. The Labute approximate surface area is 161 Å². The van der Waals surface area contributed by atoms with E-state index in [9.17, 15) is 4.79 Å². The summed E-state index contributed by atoms with van der Waals surface area (Å²) in [7, 11) is 1.65. The number of nitrogens with one attached hydrogen (secondary N) is 1. The van der Waals surface area contributed by atoms with Crippen LogP contribution >= 0.6 is 23.4 Å². The number of hydrogen-bond donors (Lipinski definition) is 1. The smallest absolute Gasteiger partial charge is 0.252 e. The van der Waals surface area contributed by atoms with Crippen molar-refractivity contribution >= 4 is 40.2 Å². The van der Waals surface area contributed by atoms with Crippen molar-refractivity contribution in [2.45, 2.75) is 16.3 Å². The normalized spacial score (nSPS) is 10.8. The summed E-state index contributed by atoms with van der Waals surface area (Å²) in [6.45, 7) is 1.19. The van der Waals surface area contributed by atoms with Crippen LogP contribution in [0.25, 0.3) is 10.9 Å². The zero-order chi connectivity index (χ0) is 18.4. The molecule has 0 atom stereocenters. The molecule has 0 aliphatic heterocycles. The number of benzene rings is 2. The monoisotopic (exact) mass is 386 g/mol. The van der Waals surface area contributed by atoms with Crippen molar-refractivity contribution in [3.8, 4) is 0 Å².